The molecule has 1 amide bonds. The summed E-state index contributed by atoms with van der Waals surface area (Å²) in [5.74, 6) is 0.407. The predicted octanol–water partition coefficient (Wildman–Crippen LogP) is 3.04. The molecule has 126 valence electrons. The normalized spacial score (nSPS) is 22.3. The van der Waals surface area contributed by atoms with Gasteiger partial charge in [0.2, 0.25) is 5.91 Å². The van der Waals surface area contributed by atoms with Gasteiger partial charge in [0, 0.05) is 25.7 Å². The van der Waals surface area contributed by atoms with Gasteiger partial charge in [0.15, 0.2) is 0 Å². The minimum atomic E-state index is 0.199. The Morgan fingerprint density at radius 1 is 1.26 bits per heavy atom. The molecule has 4 heteroatoms. The zero-order chi connectivity index (χ0) is 16.3. The van der Waals surface area contributed by atoms with Crippen molar-refractivity contribution in [3.8, 4) is 0 Å². The molecule has 1 aromatic rings. The van der Waals surface area contributed by atoms with Crippen LogP contribution in [0.25, 0.3) is 0 Å². The van der Waals surface area contributed by atoms with Crippen molar-refractivity contribution in [2.24, 2.45) is 11.3 Å². The van der Waals surface area contributed by atoms with E-state index >= 15 is 0 Å². The highest BCUT2D eigenvalue weighted by Crippen LogP contribution is 2.59. The molecule has 1 aliphatic carbocycles. The lowest BCUT2D eigenvalue weighted by molar-refractivity contribution is -0.123. The first-order valence-corrected chi connectivity index (χ1v) is 8.64. The average Bonchev–Trinajstić information content (AvgIpc) is 3.25. The van der Waals surface area contributed by atoms with Crippen LogP contribution in [0.15, 0.2) is 24.3 Å². The molecule has 0 radical (unpaired) electrons. The molecule has 1 atom stereocenters. The number of carbonyl (C=O) groups excluding carboxylic acids is 1. The molecule has 2 fully saturated rings. The molecule has 3 rings (SSSR count). The minimum Gasteiger partial charge on any atom is -0.381 e. The highest BCUT2D eigenvalue weighted by molar-refractivity contribution is 5.82. The Bertz CT molecular complexity index is 532. The standard InChI is InChI=1S/C19H27NO3/c1-14(2)23-13-16-5-3-15(4-6-16)12-20-18(21)17-11-19(17)7-9-22-10-8-19/h3-6,14,17H,7-13H2,1-2H3,(H,20,21)/t17-/m0/s1. The van der Waals surface area contributed by atoms with E-state index in [0.717, 1.165) is 43.6 Å². The van der Waals surface area contributed by atoms with E-state index in [4.69, 9.17) is 9.47 Å². The van der Waals surface area contributed by atoms with Gasteiger partial charge < -0.3 is 14.8 Å². The Balaban J connectivity index is 1.44. The van der Waals surface area contributed by atoms with Crippen LogP contribution in [-0.2, 0) is 27.4 Å². The fourth-order valence-corrected chi connectivity index (χ4v) is 3.38. The van der Waals surface area contributed by atoms with E-state index in [-0.39, 0.29) is 23.3 Å². The summed E-state index contributed by atoms with van der Waals surface area (Å²) in [5, 5.41) is 3.09. The fraction of sp³-hybridized carbons (Fsp3) is 0.632. The van der Waals surface area contributed by atoms with E-state index in [0.29, 0.717) is 13.2 Å². The number of hydrogen-bond acceptors (Lipinski definition) is 3. The van der Waals surface area contributed by atoms with Gasteiger partial charge in [-0.15, -0.1) is 0 Å². The van der Waals surface area contributed by atoms with Crippen LogP contribution in [-0.4, -0.2) is 25.2 Å². The highest BCUT2D eigenvalue weighted by atomic mass is 16.5. The van der Waals surface area contributed by atoms with Crippen molar-refractivity contribution in [3.05, 3.63) is 35.4 Å². The molecular formula is C19H27NO3. The van der Waals surface area contributed by atoms with Gasteiger partial charge in [-0.05, 0) is 49.7 Å². The van der Waals surface area contributed by atoms with E-state index in [1.165, 1.54) is 0 Å². The summed E-state index contributed by atoms with van der Waals surface area (Å²) in [7, 11) is 0. The Hall–Kier alpha value is -1.39. The first-order chi connectivity index (χ1) is 11.1. The van der Waals surface area contributed by atoms with Gasteiger partial charge in [-0.3, -0.25) is 4.79 Å². The Morgan fingerprint density at radius 2 is 1.91 bits per heavy atom. The van der Waals surface area contributed by atoms with Crippen LogP contribution in [0.5, 0.6) is 0 Å². The summed E-state index contributed by atoms with van der Waals surface area (Å²) in [6.45, 7) is 6.93. The van der Waals surface area contributed by atoms with Gasteiger partial charge in [0.05, 0.1) is 12.7 Å². The van der Waals surface area contributed by atoms with Crippen LogP contribution in [0, 0.1) is 11.3 Å². The third-order valence-electron chi connectivity index (χ3n) is 5.07. The van der Waals surface area contributed by atoms with Crippen LogP contribution >= 0.6 is 0 Å². The minimum absolute atomic E-state index is 0.199. The maximum absolute atomic E-state index is 12.3. The van der Waals surface area contributed by atoms with E-state index in [1.54, 1.807) is 0 Å². The molecular weight excluding hydrogens is 290 g/mol. The molecule has 1 saturated heterocycles. The van der Waals surface area contributed by atoms with Crippen molar-refractivity contribution in [2.75, 3.05) is 13.2 Å². The Kier molecular flexibility index (Phi) is 5.02. The van der Waals surface area contributed by atoms with E-state index in [1.807, 2.05) is 13.8 Å². The largest absolute Gasteiger partial charge is 0.381 e. The van der Waals surface area contributed by atoms with Gasteiger partial charge in [-0.2, -0.15) is 0 Å². The van der Waals surface area contributed by atoms with Crippen LogP contribution in [0.4, 0.5) is 0 Å². The predicted molar refractivity (Wildman–Crippen MR) is 88.8 cm³/mol. The number of hydrogen-bond donors (Lipinski definition) is 1. The first-order valence-electron chi connectivity index (χ1n) is 8.64. The van der Waals surface area contributed by atoms with E-state index < -0.39 is 0 Å². The number of rotatable bonds is 6. The Labute approximate surface area is 138 Å². The van der Waals surface area contributed by atoms with E-state index in [2.05, 4.69) is 29.6 Å². The monoisotopic (exact) mass is 317 g/mol. The lowest BCUT2D eigenvalue weighted by Crippen LogP contribution is -2.29. The SMILES string of the molecule is CC(C)OCc1ccc(CNC(=O)[C@@H]2CC23CCOCC3)cc1. The summed E-state index contributed by atoms with van der Waals surface area (Å²) >= 11 is 0. The lowest BCUT2D eigenvalue weighted by atomic mass is 9.93. The first kappa shape index (κ1) is 16.5. The molecule has 1 saturated carbocycles. The fourth-order valence-electron chi connectivity index (χ4n) is 3.38. The molecule has 23 heavy (non-hydrogen) atoms. The van der Waals surface area contributed by atoms with Gasteiger partial charge in [0.25, 0.3) is 0 Å². The van der Waals surface area contributed by atoms with Crippen molar-refractivity contribution < 1.29 is 14.3 Å². The average molecular weight is 317 g/mol. The topological polar surface area (TPSA) is 47.6 Å². The maximum atomic E-state index is 12.3. The zero-order valence-corrected chi connectivity index (χ0v) is 14.1. The summed E-state index contributed by atoms with van der Waals surface area (Å²) in [5.41, 5.74) is 2.55. The van der Waals surface area contributed by atoms with Crippen LogP contribution < -0.4 is 5.32 Å². The van der Waals surface area contributed by atoms with Crippen molar-refractivity contribution in [1.29, 1.82) is 0 Å². The molecule has 4 nitrogen and oxygen atoms in total. The number of amides is 1. The van der Waals surface area contributed by atoms with Crippen molar-refractivity contribution in [1.82, 2.24) is 5.32 Å². The molecule has 1 N–H and O–H groups in total. The molecule has 1 aliphatic heterocycles. The van der Waals surface area contributed by atoms with Crippen molar-refractivity contribution >= 4 is 5.91 Å². The van der Waals surface area contributed by atoms with Crippen molar-refractivity contribution in [3.63, 3.8) is 0 Å². The number of benzene rings is 1. The second-order valence-electron chi connectivity index (χ2n) is 7.13. The molecule has 1 aromatic carbocycles. The van der Waals surface area contributed by atoms with Gasteiger partial charge in [-0.25, -0.2) is 0 Å². The second kappa shape index (κ2) is 7.02. The summed E-state index contributed by atoms with van der Waals surface area (Å²) in [4.78, 5) is 12.3. The molecule has 1 heterocycles. The van der Waals surface area contributed by atoms with Crippen LogP contribution in [0.3, 0.4) is 0 Å². The smallest absolute Gasteiger partial charge is 0.223 e. The molecule has 0 bridgehead atoms. The highest BCUT2D eigenvalue weighted by Gasteiger charge is 2.57. The molecule has 2 aliphatic rings. The molecule has 1 spiro atoms. The number of ether oxygens (including phenoxy) is 2. The van der Waals surface area contributed by atoms with E-state index in [9.17, 15) is 4.79 Å². The third-order valence-corrected chi connectivity index (χ3v) is 5.07. The Morgan fingerprint density at radius 3 is 2.57 bits per heavy atom. The zero-order valence-electron chi connectivity index (χ0n) is 14.1. The second-order valence-corrected chi connectivity index (χ2v) is 7.13. The number of carbonyl (C=O) groups is 1. The molecule has 0 unspecified atom stereocenters. The summed E-state index contributed by atoms with van der Waals surface area (Å²) in [6.07, 6.45) is 3.35. The summed E-state index contributed by atoms with van der Waals surface area (Å²) < 4.78 is 11.0. The third kappa shape index (κ3) is 4.12. The number of nitrogens with one attached hydrogen (secondary N) is 1. The van der Waals surface area contributed by atoms with Gasteiger partial charge in [-0.1, -0.05) is 24.3 Å². The maximum Gasteiger partial charge on any atom is 0.223 e. The van der Waals surface area contributed by atoms with Gasteiger partial charge >= 0.3 is 0 Å². The summed E-state index contributed by atoms with van der Waals surface area (Å²) in [6, 6.07) is 8.27. The van der Waals surface area contributed by atoms with Crippen molar-refractivity contribution in [2.45, 2.75) is 52.4 Å². The lowest BCUT2D eigenvalue weighted by Gasteiger charge is -2.22. The van der Waals surface area contributed by atoms with Crippen LogP contribution in [0.1, 0.15) is 44.2 Å². The van der Waals surface area contributed by atoms with Crippen LogP contribution in [0.2, 0.25) is 0 Å². The van der Waals surface area contributed by atoms with Gasteiger partial charge in [0.1, 0.15) is 0 Å². The molecule has 0 aromatic heterocycles. The quantitative estimate of drug-likeness (QED) is 0.877.